The van der Waals surface area contributed by atoms with Crippen molar-refractivity contribution in [3.05, 3.63) is 62.6 Å². The molecule has 0 atom stereocenters. The van der Waals surface area contributed by atoms with Crippen molar-refractivity contribution in [1.82, 2.24) is 5.43 Å². The van der Waals surface area contributed by atoms with Gasteiger partial charge in [0.25, 0.3) is 5.69 Å². The molecule has 0 saturated heterocycles. The predicted octanol–water partition coefficient (Wildman–Crippen LogP) is 2.90. The first kappa shape index (κ1) is 21.0. The molecule has 2 aromatic rings. The smallest absolute Gasteiger partial charge is 0.293 e. The number of carbonyl (C=O) groups is 2. The number of anilines is 2. The number of nitro groups is 1. The van der Waals surface area contributed by atoms with Crippen molar-refractivity contribution < 1.29 is 14.5 Å². The molecule has 0 unspecified atom stereocenters. The number of para-hydroxylation sites is 1. The van der Waals surface area contributed by atoms with E-state index in [1.165, 1.54) is 12.3 Å². The monoisotopic (exact) mass is 447 g/mol. The number of rotatable bonds is 7. The van der Waals surface area contributed by atoms with E-state index in [0.29, 0.717) is 21.4 Å². The van der Waals surface area contributed by atoms with Crippen LogP contribution in [0.3, 0.4) is 0 Å². The molecule has 0 aromatic heterocycles. The Kier molecular flexibility index (Phi) is 7.21. The number of halogens is 1. The highest BCUT2D eigenvalue weighted by molar-refractivity contribution is 9.10. The zero-order valence-electron chi connectivity index (χ0n) is 15.2. The fourth-order valence-corrected chi connectivity index (χ4v) is 2.65. The Hall–Kier alpha value is -3.27. The van der Waals surface area contributed by atoms with Gasteiger partial charge in [0.05, 0.1) is 16.8 Å². The van der Waals surface area contributed by atoms with Crippen molar-refractivity contribution in [2.75, 3.05) is 24.3 Å². The predicted molar refractivity (Wildman–Crippen MR) is 111 cm³/mol. The van der Waals surface area contributed by atoms with Crippen molar-refractivity contribution >= 4 is 51.0 Å². The average Bonchev–Trinajstić information content (AvgIpc) is 2.63. The van der Waals surface area contributed by atoms with Crippen molar-refractivity contribution in [3.63, 3.8) is 0 Å². The molecule has 2 N–H and O–H groups in total. The minimum atomic E-state index is -0.611. The Bertz CT molecular complexity index is 930. The van der Waals surface area contributed by atoms with Crippen LogP contribution >= 0.6 is 15.9 Å². The molecule has 0 saturated carbocycles. The molecule has 0 heterocycles. The number of carbonyl (C=O) groups excluding carboxylic acids is 2. The van der Waals surface area contributed by atoms with Gasteiger partial charge in [-0.2, -0.15) is 5.10 Å². The second kappa shape index (κ2) is 9.60. The molecule has 0 spiro atoms. The summed E-state index contributed by atoms with van der Waals surface area (Å²) in [7, 11) is 3.41. The second-order valence-corrected chi connectivity index (χ2v) is 6.75. The summed E-state index contributed by atoms with van der Waals surface area (Å²) in [6, 6.07) is 11.6. The first-order valence-electron chi connectivity index (χ1n) is 8.10. The van der Waals surface area contributed by atoms with Gasteiger partial charge in [-0.15, -0.1) is 0 Å². The topological polar surface area (TPSA) is 117 Å². The first-order chi connectivity index (χ1) is 13.3. The molecule has 10 heteroatoms. The highest BCUT2D eigenvalue weighted by Crippen LogP contribution is 2.27. The third-order valence-corrected chi connectivity index (χ3v) is 4.24. The van der Waals surface area contributed by atoms with Crippen LogP contribution < -0.4 is 15.6 Å². The SMILES string of the molecule is CN(C)c1ccc(C=NNC(=O)CC(=O)Nc2ccccc2Br)cc1[N+](=O)[O-]. The van der Waals surface area contributed by atoms with Crippen LogP contribution in [0.2, 0.25) is 0 Å². The average molecular weight is 448 g/mol. The number of hydrogen-bond acceptors (Lipinski definition) is 6. The van der Waals surface area contributed by atoms with Gasteiger partial charge in [0.1, 0.15) is 12.1 Å². The largest absolute Gasteiger partial charge is 0.372 e. The molecule has 28 heavy (non-hydrogen) atoms. The van der Waals surface area contributed by atoms with Crippen LogP contribution in [0, 0.1) is 10.1 Å². The van der Waals surface area contributed by atoms with E-state index in [4.69, 9.17) is 0 Å². The van der Waals surface area contributed by atoms with Crippen molar-refractivity contribution in [3.8, 4) is 0 Å². The third kappa shape index (κ3) is 5.88. The van der Waals surface area contributed by atoms with Crippen molar-refractivity contribution in [1.29, 1.82) is 0 Å². The molecule has 0 fully saturated rings. The van der Waals surface area contributed by atoms with Crippen LogP contribution in [-0.4, -0.2) is 37.0 Å². The lowest BCUT2D eigenvalue weighted by Crippen LogP contribution is -2.24. The number of nitro benzene ring substituents is 1. The lowest BCUT2D eigenvalue weighted by atomic mass is 10.2. The van der Waals surface area contributed by atoms with Crippen LogP contribution in [0.25, 0.3) is 0 Å². The van der Waals surface area contributed by atoms with E-state index < -0.39 is 23.2 Å². The summed E-state index contributed by atoms with van der Waals surface area (Å²) < 4.78 is 0.699. The first-order valence-corrected chi connectivity index (χ1v) is 8.89. The Morgan fingerprint density at radius 2 is 1.93 bits per heavy atom. The van der Waals surface area contributed by atoms with E-state index in [1.807, 2.05) is 0 Å². The molecule has 9 nitrogen and oxygen atoms in total. The summed E-state index contributed by atoms with van der Waals surface area (Å²) in [6.45, 7) is 0. The lowest BCUT2D eigenvalue weighted by Gasteiger charge is -2.12. The minimum absolute atomic E-state index is 0.0758. The summed E-state index contributed by atoms with van der Waals surface area (Å²) in [5.41, 5.74) is 3.60. The quantitative estimate of drug-likeness (QED) is 0.292. The zero-order valence-corrected chi connectivity index (χ0v) is 16.8. The Morgan fingerprint density at radius 3 is 2.57 bits per heavy atom. The van der Waals surface area contributed by atoms with Gasteiger partial charge in [-0.1, -0.05) is 18.2 Å². The normalized spacial score (nSPS) is 10.5. The van der Waals surface area contributed by atoms with E-state index in [2.05, 4.69) is 31.8 Å². The maximum absolute atomic E-state index is 11.9. The number of hydrazone groups is 1. The number of nitrogens with zero attached hydrogens (tertiary/aromatic N) is 3. The van der Waals surface area contributed by atoms with Gasteiger partial charge in [0, 0.05) is 30.2 Å². The molecule has 2 aromatic carbocycles. The fraction of sp³-hybridized carbons (Fsp3) is 0.167. The minimum Gasteiger partial charge on any atom is -0.372 e. The van der Waals surface area contributed by atoms with Crippen LogP contribution in [-0.2, 0) is 9.59 Å². The molecule has 2 rings (SSSR count). The van der Waals surface area contributed by atoms with Gasteiger partial charge < -0.3 is 10.2 Å². The van der Waals surface area contributed by atoms with Gasteiger partial charge in [-0.3, -0.25) is 19.7 Å². The summed E-state index contributed by atoms with van der Waals surface area (Å²) in [6.07, 6.45) is 0.856. The molecule has 146 valence electrons. The number of benzene rings is 2. The van der Waals surface area contributed by atoms with Gasteiger partial charge in [-0.05, 0) is 34.1 Å². The maximum atomic E-state index is 11.9. The van der Waals surface area contributed by atoms with Crippen LogP contribution in [0.5, 0.6) is 0 Å². The molecular weight excluding hydrogens is 430 g/mol. The molecule has 0 bridgehead atoms. The van der Waals surface area contributed by atoms with Crippen LogP contribution in [0.15, 0.2) is 52.0 Å². The van der Waals surface area contributed by atoms with Gasteiger partial charge >= 0.3 is 0 Å². The molecular formula is C18H18BrN5O4. The third-order valence-electron chi connectivity index (χ3n) is 3.55. The number of hydrogen-bond donors (Lipinski definition) is 2. The Balaban J connectivity index is 1.94. The van der Waals surface area contributed by atoms with Gasteiger partial charge in [0.15, 0.2) is 0 Å². The van der Waals surface area contributed by atoms with Gasteiger partial charge in [-0.25, -0.2) is 5.43 Å². The second-order valence-electron chi connectivity index (χ2n) is 5.90. The van der Waals surface area contributed by atoms with Crippen molar-refractivity contribution in [2.24, 2.45) is 5.10 Å². The summed E-state index contributed by atoms with van der Waals surface area (Å²) in [4.78, 5) is 36.0. The standard InChI is InChI=1S/C18H18BrN5O4/c1-23(2)15-8-7-12(9-16(15)24(27)28)11-20-22-18(26)10-17(25)21-14-6-4-3-5-13(14)19/h3-9,11H,10H2,1-2H3,(H,21,25)(H,22,26). The Labute approximate surface area is 169 Å². The van der Waals surface area contributed by atoms with E-state index in [9.17, 15) is 19.7 Å². The number of amides is 2. The van der Waals surface area contributed by atoms with Crippen molar-refractivity contribution in [2.45, 2.75) is 6.42 Å². The number of nitrogens with one attached hydrogen (secondary N) is 2. The highest BCUT2D eigenvalue weighted by atomic mass is 79.9. The molecule has 0 aliphatic carbocycles. The van der Waals surface area contributed by atoms with Crippen LogP contribution in [0.4, 0.5) is 17.1 Å². The zero-order chi connectivity index (χ0) is 20.7. The maximum Gasteiger partial charge on any atom is 0.293 e. The van der Waals surface area contributed by atoms with Gasteiger partial charge in [0.2, 0.25) is 11.8 Å². The molecule has 0 radical (unpaired) electrons. The van der Waals surface area contributed by atoms with E-state index in [1.54, 1.807) is 55.4 Å². The van der Waals surface area contributed by atoms with E-state index in [-0.39, 0.29) is 5.69 Å². The summed E-state index contributed by atoms with van der Waals surface area (Å²) in [5, 5.41) is 17.5. The molecule has 2 amide bonds. The lowest BCUT2D eigenvalue weighted by molar-refractivity contribution is -0.384. The van der Waals surface area contributed by atoms with E-state index >= 15 is 0 Å². The molecule has 0 aliphatic heterocycles. The Morgan fingerprint density at radius 1 is 1.21 bits per heavy atom. The van der Waals surface area contributed by atoms with Crippen LogP contribution in [0.1, 0.15) is 12.0 Å². The highest BCUT2D eigenvalue weighted by Gasteiger charge is 2.15. The molecule has 0 aliphatic rings. The van der Waals surface area contributed by atoms with E-state index in [0.717, 1.165) is 0 Å². The fourth-order valence-electron chi connectivity index (χ4n) is 2.27. The summed E-state index contributed by atoms with van der Waals surface area (Å²) in [5.74, 6) is -1.11. The summed E-state index contributed by atoms with van der Waals surface area (Å²) >= 11 is 3.30.